The minimum absolute atomic E-state index is 0.00560. The Morgan fingerprint density at radius 1 is 1.12 bits per heavy atom. The van der Waals surface area contributed by atoms with E-state index in [4.69, 9.17) is 4.42 Å². The number of anilines is 1. The molecule has 2 aromatic carbocycles. The number of nitrogens with zero attached hydrogens (tertiary/aromatic N) is 2. The van der Waals surface area contributed by atoms with Crippen LogP contribution in [0.25, 0.3) is 22.0 Å². The van der Waals surface area contributed by atoms with Crippen molar-refractivity contribution in [3.63, 3.8) is 0 Å². The summed E-state index contributed by atoms with van der Waals surface area (Å²) >= 11 is 0. The maximum atomic E-state index is 12.6. The summed E-state index contributed by atoms with van der Waals surface area (Å²) in [6, 6.07) is 12.2. The zero-order valence-corrected chi connectivity index (χ0v) is 12.7. The molecule has 0 unspecified atom stereocenters. The highest BCUT2D eigenvalue weighted by Gasteiger charge is 2.18. The monoisotopic (exact) mass is 320 g/mol. The Bertz CT molecular complexity index is 1140. The normalized spacial score (nSPS) is 11.0. The summed E-state index contributed by atoms with van der Waals surface area (Å²) in [6.45, 7) is 1.73. The molecule has 2 heterocycles. The first kappa shape index (κ1) is 14.1. The Labute approximate surface area is 135 Å². The number of benzene rings is 2. The lowest BCUT2D eigenvalue weighted by Gasteiger charge is -2.08. The fourth-order valence-corrected chi connectivity index (χ4v) is 2.68. The second kappa shape index (κ2) is 5.31. The van der Waals surface area contributed by atoms with E-state index in [2.05, 4.69) is 20.7 Å². The SMILES string of the molecule is Cc1c(C(=O)Nc2ccc3n[nH]nc3c2)c(=O)oc2ccccc12. The quantitative estimate of drug-likeness (QED) is 0.553. The van der Waals surface area contributed by atoms with Gasteiger partial charge in [0.15, 0.2) is 0 Å². The summed E-state index contributed by atoms with van der Waals surface area (Å²) in [6.07, 6.45) is 0. The van der Waals surface area contributed by atoms with Crippen molar-refractivity contribution in [2.45, 2.75) is 6.92 Å². The molecular formula is C17H12N4O3. The van der Waals surface area contributed by atoms with E-state index in [0.29, 0.717) is 27.9 Å². The molecule has 0 aliphatic rings. The summed E-state index contributed by atoms with van der Waals surface area (Å²) < 4.78 is 5.25. The second-order valence-electron chi connectivity index (χ2n) is 5.37. The number of aromatic amines is 1. The molecule has 0 fully saturated rings. The molecule has 118 valence electrons. The Kier molecular flexibility index (Phi) is 3.13. The van der Waals surface area contributed by atoms with Gasteiger partial charge in [-0.3, -0.25) is 4.79 Å². The Morgan fingerprint density at radius 3 is 2.79 bits per heavy atom. The van der Waals surface area contributed by atoms with Crippen LogP contribution in [0.15, 0.2) is 51.7 Å². The standard InChI is InChI=1S/C17H12N4O3/c1-9-11-4-2-3-5-14(11)24-17(23)15(9)16(22)18-10-6-7-12-13(8-10)20-21-19-12/h2-8H,1H3,(H,18,22)(H,19,20,21). The lowest BCUT2D eigenvalue weighted by molar-refractivity contribution is 0.102. The number of hydrogen-bond acceptors (Lipinski definition) is 5. The maximum absolute atomic E-state index is 12.6. The lowest BCUT2D eigenvalue weighted by atomic mass is 10.1. The first-order chi connectivity index (χ1) is 11.6. The van der Waals surface area contributed by atoms with Crippen molar-refractivity contribution in [1.82, 2.24) is 15.4 Å². The van der Waals surface area contributed by atoms with Crippen molar-refractivity contribution < 1.29 is 9.21 Å². The number of nitrogens with one attached hydrogen (secondary N) is 2. The summed E-state index contributed by atoms with van der Waals surface area (Å²) in [5.41, 5.74) is 2.21. The molecule has 7 heteroatoms. The van der Waals surface area contributed by atoms with Crippen molar-refractivity contribution in [2.75, 3.05) is 5.32 Å². The van der Waals surface area contributed by atoms with Crippen LogP contribution in [0.1, 0.15) is 15.9 Å². The highest BCUT2D eigenvalue weighted by atomic mass is 16.4. The molecule has 0 aliphatic carbocycles. The molecule has 0 radical (unpaired) electrons. The average molecular weight is 320 g/mol. The molecule has 4 aromatic rings. The number of aryl methyl sites for hydroxylation is 1. The number of H-pyrrole nitrogens is 1. The molecule has 0 saturated carbocycles. The smallest absolute Gasteiger partial charge is 0.349 e. The fraction of sp³-hybridized carbons (Fsp3) is 0.0588. The molecule has 24 heavy (non-hydrogen) atoms. The summed E-state index contributed by atoms with van der Waals surface area (Å²) in [5, 5.41) is 13.9. The minimum Gasteiger partial charge on any atom is -0.422 e. The summed E-state index contributed by atoms with van der Waals surface area (Å²) in [5.74, 6) is -0.519. The van der Waals surface area contributed by atoms with E-state index in [9.17, 15) is 9.59 Å². The largest absolute Gasteiger partial charge is 0.422 e. The fourth-order valence-electron chi connectivity index (χ4n) is 2.68. The van der Waals surface area contributed by atoms with Gasteiger partial charge in [0.25, 0.3) is 5.91 Å². The Morgan fingerprint density at radius 2 is 1.92 bits per heavy atom. The Hall–Kier alpha value is -3.48. The summed E-state index contributed by atoms with van der Waals surface area (Å²) in [7, 11) is 0. The zero-order chi connectivity index (χ0) is 16.7. The molecule has 0 saturated heterocycles. The third kappa shape index (κ3) is 2.23. The van der Waals surface area contributed by atoms with Gasteiger partial charge >= 0.3 is 5.63 Å². The third-order valence-corrected chi connectivity index (χ3v) is 3.87. The van der Waals surface area contributed by atoms with E-state index in [-0.39, 0.29) is 5.56 Å². The first-order valence-electron chi connectivity index (χ1n) is 7.28. The zero-order valence-electron chi connectivity index (χ0n) is 12.7. The van der Waals surface area contributed by atoms with Gasteiger partial charge in [0.1, 0.15) is 22.2 Å². The number of amides is 1. The molecule has 2 aromatic heterocycles. The number of fused-ring (bicyclic) bond motifs is 2. The third-order valence-electron chi connectivity index (χ3n) is 3.87. The van der Waals surface area contributed by atoms with Crippen LogP contribution in [0.4, 0.5) is 5.69 Å². The van der Waals surface area contributed by atoms with E-state index < -0.39 is 11.5 Å². The number of aromatic nitrogens is 3. The van der Waals surface area contributed by atoms with Gasteiger partial charge in [-0.2, -0.15) is 15.4 Å². The average Bonchev–Trinajstić information content (AvgIpc) is 3.02. The first-order valence-corrected chi connectivity index (χ1v) is 7.28. The second-order valence-corrected chi connectivity index (χ2v) is 5.37. The van der Waals surface area contributed by atoms with Gasteiger partial charge in [-0.1, -0.05) is 18.2 Å². The van der Waals surface area contributed by atoms with Crippen LogP contribution in [0, 0.1) is 6.92 Å². The van der Waals surface area contributed by atoms with E-state index in [1.54, 1.807) is 37.3 Å². The molecule has 0 atom stereocenters. The predicted molar refractivity (Wildman–Crippen MR) is 89.1 cm³/mol. The van der Waals surface area contributed by atoms with Crippen LogP contribution in [0.2, 0.25) is 0 Å². The van der Waals surface area contributed by atoms with Gasteiger partial charge in [0.05, 0.1) is 0 Å². The number of hydrogen-bond donors (Lipinski definition) is 2. The Balaban J connectivity index is 1.76. The van der Waals surface area contributed by atoms with E-state index in [0.717, 1.165) is 5.39 Å². The molecule has 0 spiro atoms. The summed E-state index contributed by atoms with van der Waals surface area (Å²) in [4.78, 5) is 24.8. The highest BCUT2D eigenvalue weighted by molar-refractivity contribution is 6.07. The van der Waals surface area contributed by atoms with Gasteiger partial charge in [-0.25, -0.2) is 4.79 Å². The maximum Gasteiger partial charge on any atom is 0.349 e. The topological polar surface area (TPSA) is 101 Å². The molecular weight excluding hydrogens is 308 g/mol. The van der Waals surface area contributed by atoms with Crippen molar-refractivity contribution in [3.05, 3.63) is 64.0 Å². The highest BCUT2D eigenvalue weighted by Crippen LogP contribution is 2.20. The molecule has 4 rings (SSSR count). The van der Waals surface area contributed by atoms with Crippen LogP contribution < -0.4 is 10.9 Å². The van der Waals surface area contributed by atoms with Crippen LogP contribution in [0.5, 0.6) is 0 Å². The van der Waals surface area contributed by atoms with Crippen LogP contribution >= 0.6 is 0 Å². The van der Waals surface area contributed by atoms with Gasteiger partial charge in [0, 0.05) is 11.1 Å². The van der Waals surface area contributed by atoms with Crippen LogP contribution in [-0.2, 0) is 0 Å². The molecule has 7 nitrogen and oxygen atoms in total. The van der Waals surface area contributed by atoms with Crippen molar-refractivity contribution >= 4 is 33.6 Å². The lowest BCUT2D eigenvalue weighted by Crippen LogP contribution is -2.22. The van der Waals surface area contributed by atoms with Crippen molar-refractivity contribution in [3.8, 4) is 0 Å². The van der Waals surface area contributed by atoms with Crippen molar-refractivity contribution in [1.29, 1.82) is 0 Å². The van der Waals surface area contributed by atoms with Gasteiger partial charge in [-0.15, -0.1) is 0 Å². The van der Waals surface area contributed by atoms with Crippen LogP contribution in [0.3, 0.4) is 0 Å². The van der Waals surface area contributed by atoms with E-state index >= 15 is 0 Å². The number of para-hydroxylation sites is 1. The molecule has 0 bridgehead atoms. The van der Waals surface area contributed by atoms with Gasteiger partial charge in [0.2, 0.25) is 0 Å². The van der Waals surface area contributed by atoms with Gasteiger partial charge in [-0.05, 0) is 36.8 Å². The van der Waals surface area contributed by atoms with Crippen molar-refractivity contribution in [2.24, 2.45) is 0 Å². The molecule has 2 N–H and O–H groups in total. The van der Waals surface area contributed by atoms with Gasteiger partial charge < -0.3 is 9.73 Å². The van der Waals surface area contributed by atoms with E-state index in [1.165, 1.54) is 0 Å². The molecule has 1 amide bonds. The predicted octanol–water partition coefficient (Wildman–Crippen LogP) is 2.63. The minimum atomic E-state index is -0.661. The molecule has 0 aliphatic heterocycles. The van der Waals surface area contributed by atoms with E-state index in [1.807, 2.05) is 12.1 Å². The van der Waals surface area contributed by atoms with Crippen LogP contribution in [-0.4, -0.2) is 21.3 Å². The number of rotatable bonds is 2. The number of carbonyl (C=O) groups excluding carboxylic acids is 1. The number of carbonyl (C=O) groups is 1.